The van der Waals surface area contributed by atoms with Crippen LogP contribution in [0.5, 0.6) is 11.8 Å². The van der Waals surface area contributed by atoms with Crippen LogP contribution in [0.15, 0.2) is 61.2 Å². The van der Waals surface area contributed by atoms with Crippen LogP contribution in [0.4, 0.5) is 0 Å². The molecule has 0 fully saturated rings. The van der Waals surface area contributed by atoms with Gasteiger partial charge >= 0.3 is 0 Å². The lowest BCUT2D eigenvalue weighted by atomic mass is 9.90. The lowest BCUT2D eigenvalue weighted by Crippen LogP contribution is -2.21. The van der Waals surface area contributed by atoms with Gasteiger partial charge in [-0.1, -0.05) is 72.6 Å². The topological polar surface area (TPSA) is 85.4 Å². The molecule has 0 atom stereocenters. The number of halogens is 2. The number of carbonyl (C=O) groups is 1. The molecule has 2 aromatic carbocycles. The fourth-order valence-corrected chi connectivity index (χ4v) is 6.10. The van der Waals surface area contributed by atoms with Crippen LogP contribution >= 0.6 is 23.2 Å². The summed E-state index contributed by atoms with van der Waals surface area (Å²) in [7, 11) is 1.55. The molecule has 0 aliphatic carbocycles. The van der Waals surface area contributed by atoms with E-state index in [9.17, 15) is 4.79 Å². The highest BCUT2D eigenvalue weighted by atomic mass is 35.5. The minimum atomic E-state index is 0.0460. The van der Waals surface area contributed by atoms with Gasteiger partial charge in [0.05, 0.1) is 24.4 Å². The Labute approximate surface area is 288 Å². The minimum Gasteiger partial charge on any atom is -0.481 e. The summed E-state index contributed by atoms with van der Waals surface area (Å²) in [6, 6.07) is 16.5. The molecule has 2 N–H and O–H groups in total. The molecule has 0 radical (unpaired) electrons. The summed E-state index contributed by atoms with van der Waals surface area (Å²) in [5.41, 5.74) is 10.9. The third kappa shape index (κ3) is 9.42. The van der Waals surface area contributed by atoms with Crippen molar-refractivity contribution in [1.29, 1.82) is 0 Å². The summed E-state index contributed by atoms with van der Waals surface area (Å²) < 4.78 is 11.6. The lowest BCUT2D eigenvalue weighted by molar-refractivity contribution is -0.116. The first-order valence-corrected chi connectivity index (χ1v) is 16.6. The van der Waals surface area contributed by atoms with Crippen LogP contribution < -0.4 is 20.1 Å². The molecule has 0 saturated heterocycles. The number of rotatable bonds is 17. The quantitative estimate of drug-likeness (QED) is 0.0868. The highest BCUT2D eigenvalue weighted by Crippen LogP contribution is 2.33. The number of aryl methyl sites for hydroxylation is 3. The Morgan fingerprint density at radius 3 is 2.17 bits per heavy atom. The van der Waals surface area contributed by atoms with Crippen molar-refractivity contribution in [3.8, 4) is 22.9 Å². The predicted molar refractivity (Wildman–Crippen MR) is 192 cm³/mol. The lowest BCUT2D eigenvalue weighted by Gasteiger charge is -2.17. The van der Waals surface area contributed by atoms with E-state index in [1.807, 2.05) is 12.1 Å². The van der Waals surface area contributed by atoms with Gasteiger partial charge in [-0.05, 0) is 91.1 Å². The van der Waals surface area contributed by atoms with Gasteiger partial charge in [-0.3, -0.25) is 9.78 Å². The predicted octanol–water partition coefficient (Wildman–Crippen LogP) is 7.96. The van der Waals surface area contributed by atoms with Gasteiger partial charge in [-0.15, -0.1) is 6.58 Å². The number of nitrogens with zero attached hydrogens (tertiary/aromatic N) is 2. The second-order valence-corrected chi connectivity index (χ2v) is 12.3. The van der Waals surface area contributed by atoms with Gasteiger partial charge in [0.15, 0.2) is 0 Å². The maximum absolute atomic E-state index is 11.3. The number of hydrogen-bond donors (Lipinski definition) is 2. The summed E-state index contributed by atoms with van der Waals surface area (Å²) >= 11 is 13.3. The first-order valence-electron chi connectivity index (χ1n) is 15.9. The summed E-state index contributed by atoms with van der Waals surface area (Å²) in [6.07, 6.45) is 4.29. The standard InChI is InChI=1S/C38H44Cl2N4O3/c1-7-17-41-21-29-18-33(39)36(43-35(29)8-2)16-15-27-11-9-13-31(25(27)4)32-14-10-12-28(26(32)5)23-47-38-34(40)19-30(37(44-38)46-6)22-42-20-24(3)45/h7,9-14,18-19,41-42H,1,8,15-17,20-23H2,2-6H3. The van der Waals surface area contributed by atoms with Crippen LogP contribution in [-0.4, -0.2) is 36.0 Å². The van der Waals surface area contributed by atoms with E-state index in [-0.39, 0.29) is 12.3 Å². The first kappa shape index (κ1) is 36.1. The van der Waals surface area contributed by atoms with E-state index < -0.39 is 0 Å². The number of methoxy groups -OCH3 is 1. The molecule has 0 amide bonds. The number of benzene rings is 2. The molecule has 2 heterocycles. The SMILES string of the molecule is C=CCNCc1cc(Cl)c(CCc2cccc(-c3cccc(COc4nc(OC)c(CNCC(C)=O)cc4Cl)c3C)c2C)nc1CC. The molecule has 9 heteroatoms. The number of pyridine rings is 2. The molecular formula is C38H44Cl2N4O3. The minimum absolute atomic E-state index is 0.0460. The van der Waals surface area contributed by atoms with Crippen LogP contribution in [0, 0.1) is 13.8 Å². The Morgan fingerprint density at radius 2 is 1.51 bits per heavy atom. The molecule has 0 spiro atoms. The zero-order chi connectivity index (χ0) is 33.9. The monoisotopic (exact) mass is 674 g/mol. The normalized spacial score (nSPS) is 11.0. The van der Waals surface area contributed by atoms with E-state index in [1.54, 1.807) is 13.2 Å². The summed E-state index contributed by atoms with van der Waals surface area (Å²) in [5, 5.41) is 7.51. The van der Waals surface area contributed by atoms with Gasteiger partial charge in [-0.25, -0.2) is 0 Å². The molecule has 0 unspecified atom stereocenters. The molecule has 248 valence electrons. The van der Waals surface area contributed by atoms with Crippen molar-refractivity contribution < 1.29 is 14.3 Å². The molecule has 0 saturated carbocycles. The van der Waals surface area contributed by atoms with E-state index in [0.717, 1.165) is 71.6 Å². The van der Waals surface area contributed by atoms with Crippen molar-refractivity contribution in [2.24, 2.45) is 0 Å². The zero-order valence-corrected chi connectivity index (χ0v) is 29.4. The number of nitrogens with one attached hydrogen (secondary N) is 2. The van der Waals surface area contributed by atoms with Crippen LogP contribution in [0.2, 0.25) is 10.0 Å². The smallest absolute Gasteiger partial charge is 0.236 e. The van der Waals surface area contributed by atoms with Crippen molar-refractivity contribution in [2.75, 3.05) is 20.2 Å². The maximum atomic E-state index is 11.3. The van der Waals surface area contributed by atoms with Crippen molar-refractivity contribution in [1.82, 2.24) is 20.6 Å². The highest BCUT2D eigenvalue weighted by molar-refractivity contribution is 6.32. The van der Waals surface area contributed by atoms with E-state index in [0.29, 0.717) is 35.0 Å². The summed E-state index contributed by atoms with van der Waals surface area (Å²) in [5.74, 6) is 0.739. The van der Waals surface area contributed by atoms with E-state index in [4.69, 9.17) is 37.7 Å². The second-order valence-electron chi connectivity index (χ2n) is 11.5. The van der Waals surface area contributed by atoms with Gasteiger partial charge in [0, 0.05) is 30.9 Å². The average Bonchev–Trinajstić information content (AvgIpc) is 3.05. The first-order chi connectivity index (χ1) is 22.7. The van der Waals surface area contributed by atoms with Gasteiger partial charge < -0.3 is 20.1 Å². The molecule has 4 aromatic rings. The number of ketones is 1. The number of aromatic nitrogens is 2. The van der Waals surface area contributed by atoms with Crippen molar-refractivity contribution in [3.05, 3.63) is 116 Å². The Bertz CT molecular complexity index is 1720. The third-order valence-electron chi connectivity index (χ3n) is 8.20. The molecular weight excluding hydrogens is 631 g/mol. The fraction of sp³-hybridized carbons (Fsp3) is 0.342. The van der Waals surface area contributed by atoms with Gasteiger partial charge in [-0.2, -0.15) is 4.98 Å². The number of Topliss-reactive ketones (excluding diaryl/α,β-unsaturated/α-hetero) is 1. The Morgan fingerprint density at radius 1 is 0.851 bits per heavy atom. The van der Waals surface area contributed by atoms with Gasteiger partial charge in [0.2, 0.25) is 11.8 Å². The van der Waals surface area contributed by atoms with Gasteiger partial charge in [0.25, 0.3) is 0 Å². The molecule has 0 bridgehead atoms. The third-order valence-corrected chi connectivity index (χ3v) is 8.80. The molecule has 7 nitrogen and oxygen atoms in total. The summed E-state index contributed by atoms with van der Waals surface area (Å²) in [4.78, 5) is 20.8. The number of ether oxygens (including phenoxy) is 2. The fourth-order valence-electron chi connectivity index (χ4n) is 5.60. The van der Waals surface area contributed by atoms with Crippen molar-refractivity contribution in [3.63, 3.8) is 0 Å². The van der Waals surface area contributed by atoms with Crippen molar-refractivity contribution >= 4 is 29.0 Å². The Hall–Kier alpha value is -3.75. The second kappa shape index (κ2) is 17.4. The Kier molecular flexibility index (Phi) is 13.4. The van der Waals surface area contributed by atoms with E-state index in [1.165, 1.54) is 23.6 Å². The summed E-state index contributed by atoms with van der Waals surface area (Å²) in [6.45, 7) is 14.1. The molecule has 2 aromatic heterocycles. The number of hydrogen-bond acceptors (Lipinski definition) is 7. The molecule has 4 rings (SSSR count). The van der Waals surface area contributed by atoms with E-state index in [2.05, 4.69) is 79.4 Å². The Balaban J connectivity index is 1.50. The van der Waals surface area contributed by atoms with Crippen LogP contribution in [-0.2, 0) is 43.8 Å². The zero-order valence-electron chi connectivity index (χ0n) is 27.9. The molecule has 0 aliphatic rings. The highest BCUT2D eigenvalue weighted by Gasteiger charge is 2.16. The van der Waals surface area contributed by atoms with Crippen molar-refractivity contribution in [2.45, 2.75) is 66.7 Å². The maximum Gasteiger partial charge on any atom is 0.236 e. The van der Waals surface area contributed by atoms with Crippen LogP contribution in [0.1, 0.15) is 58.6 Å². The van der Waals surface area contributed by atoms with Gasteiger partial charge in [0.1, 0.15) is 17.4 Å². The van der Waals surface area contributed by atoms with Crippen LogP contribution in [0.25, 0.3) is 11.1 Å². The average molecular weight is 676 g/mol. The van der Waals surface area contributed by atoms with E-state index >= 15 is 0 Å². The molecule has 0 aliphatic heterocycles. The molecule has 47 heavy (non-hydrogen) atoms. The largest absolute Gasteiger partial charge is 0.481 e. The number of carbonyl (C=O) groups excluding carboxylic acids is 1. The van der Waals surface area contributed by atoms with Crippen LogP contribution in [0.3, 0.4) is 0 Å².